The molecular formula is C84H159NO8. The Morgan fingerprint density at radius 3 is 0.860 bits per heavy atom. The second-order valence-electron chi connectivity index (χ2n) is 29.4. The van der Waals surface area contributed by atoms with E-state index in [9.17, 15) is 19.5 Å². The number of carboxylic acids is 1. The van der Waals surface area contributed by atoms with Crippen LogP contribution in [-0.2, 0) is 33.3 Å². The largest absolute Gasteiger partial charge is 0.545 e. The zero-order valence-corrected chi connectivity index (χ0v) is 62.9. The molecule has 0 heterocycles. The summed E-state index contributed by atoms with van der Waals surface area (Å²) in [7, 11) is 5.95. The van der Waals surface area contributed by atoms with Crippen LogP contribution in [0.5, 0.6) is 0 Å². The number of rotatable bonds is 78. The molecule has 2 unspecified atom stereocenters. The zero-order valence-electron chi connectivity index (χ0n) is 62.9. The lowest BCUT2D eigenvalue weighted by Gasteiger charge is -2.26. The predicted octanol–water partition coefficient (Wildman–Crippen LogP) is 24.9. The van der Waals surface area contributed by atoms with E-state index in [0.29, 0.717) is 23.9 Å². The highest BCUT2D eigenvalue weighted by molar-refractivity contribution is 5.70. The molecule has 0 aromatic heterocycles. The molecule has 0 saturated carbocycles. The fourth-order valence-electron chi connectivity index (χ4n) is 12.6. The monoisotopic (exact) mass is 1310 g/mol. The number of ether oxygens (including phenoxy) is 4. The first-order valence-electron chi connectivity index (χ1n) is 41.1. The lowest BCUT2D eigenvalue weighted by molar-refractivity contribution is -0.870. The fraction of sp³-hybridized carbons (Fsp3) is 0.893. The number of nitrogens with zero attached hydrogens (tertiary/aromatic N) is 1. The molecular weight excluding hydrogens is 1150 g/mol. The number of aliphatic carboxylic acids is 1. The van der Waals surface area contributed by atoms with Crippen LogP contribution in [0, 0.1) is 0 Å². The Labute approximate surface area is 579 Å². The summed E-state index contributed by atoms with van der Waals surface area (Å²) in [6, 6.07) is 0. The quantitative estimate of drug-likeness (QED) is 0.0195. The first-order valence-corrected chi connectivity index (χ1v) is 41.1. The number of quaternary nitrogens is 1. The number of esters is 2. The lowest BCUT2D eigenvalue weighted by Crippen LogP contribution is -2.44. The van der Waals surface area contributed by atoms with Gasteiger partial charge < -0.3 is 33.3 Å². The van der Waals surface area contributed by atoms with E-state index in [1.165, 1.54) is 340 Å². The second-order valence-corrected chi connectivity index (χ2v) is 29.4. The van der Waals surface area contributed by atoms with E-state index in [1.54, 1.807) is 0 Å². The first-order chi connectivity index (χ1) is 45.6. The van der Waals surface area contributed by atoms with Crippen LogP contribution in [0.15, 0.2) is 36.5 Å². The molecule has 0 radical (unpaired) electrons. The summed E-state index contributed by atoms with van der Waals surface area (Å²) >= 11 is 0. The van der Waals surface area contributed by atoms with E-state index in [1.807, 2.05) is 21.1 Å². The Morgan fingerprint density at radius 2 is 0.581 bits per heavy atom. The van der Waals surface area contributed by atoms with Crippen LogP contribution in [0.3, 0.4) is 0 Å². The van der Waals surface area contributed by atoms with E-state index in [-0.39, 0.29) is 32.2 Å². The highest BCUT2D eigenvalue weighted by Crippen LogP contribution is 2.20. The number of carboxylic acid groups (broad SMARTS) is 1. The smallest absolute Gasteiger partial charge is 0.306 e. The van der Waals surface area contributed by atoms with Gasteiger partial charge in [0.05, 0.1) is 40.3 Å². The normalized spacial score (nSPS) is 12.7. The first kappa shape index (κ1) is 90.5. The Morgan fingerprint density at radius 1 is 0.323 bits per heavy atom. The summed E-state index contributed by atoms with van der Waals surface area (Å²) < 4.78 is 22.9. The van der Waals surface area contributed by atoms with Gasteiger partial charge in [-0.2, -0.15) is 0 Å². The van der Waals surface area contributed by atoms with E-state index < -0.39 is 24.3 Å². The molecule has 0 rings (SSSR count). The summed E-state index contributed by atoms with van der Waals surface area (Å²) in [5.41, 5.74) is 0. The Hall–Kier alpha value is -2.49. The van der Waals surface area contributed by atoms with Gasteiger partial charge in [0.15, 0.2) is 12.4 Å². The van der Waals surface area contributed by atoms with Crippen molar-refractivity contribution in [2.24, 2.45) is 0 Å². The molecule has 0 bridgehead atoms. The van der Waals surface area contributed by atoms with E-state index in [4.69, 9.17) is 18.9 Å². The van der Waals surface area contributed by atoms with Crippen LogP contribution < -0.4 is 5.11 Å². The van der Waals surface area contributed by atoms with Crippen molar-refractivity contribution in [3.05, 3.63) is 36.5 Å². The number of hydrogen-bond acceptors (Lipinski definition) is 8. The van der Waals surface area contributed by atoms with Gasteiger partial charge in [0.2, 0.25) is 0 Å². The number of unbranched alkanes of at least 4 members (excludes halogenated alkanes) is 57. The summed E-state index contributed by atoms with van der Waals surface area (Å²) in [5.74, 6) is -2.26. The van der Waals surface area contributed by atoms with Crippen molar-refractivity contribution in [2.45, 2.75) is 437 Å². The molecule has 0 spiro atoms. The number of allylic oxidation sites excluding steroid dienone is 6. The van der Waals surface area contributed by atoms with Gasteiger partial charge in [0.1, 0.15) is 13.2 Å². The average Bonchev–Trinajstić information content (AvgIpc) is 3.38. The van der Waals surface area contributed by atoms with Crippen molar-refractivity contribution in [3.8, 4) is 0 Å². The van der Waals surface area contributed by atoms with Crippen LogP contribution in [0.1, 0.15) is 425 Å². The summed E-state index contributed by atoms with van der Waals surface area (Å²) in [6.07, 6.45) is 94.3. The number of hydrogen-bond donors (Lipinski definition) is 0. The van der Waals surface area contributed by atoms with Gasteiger partial charge in [-0.15, -0.1) is 0 Å². The van der Waals surface area contributed by atoms with Gasteiger partial charge in [0.25, 0.3) is 0 Å². The fourth-order valence-corrected chi connectivity index (χ4v) is 12.6. The van der Waals surface area contributed by atoms with Crippen molar-refractivity contribution in [1.82, 2.24) is 0 Å². The molecule has 0 fully saturated rings. The highest BCUT2D eigenvalue weighted by Gasteiger charge is 2.22. The van der Waals surface area contributed by atoms with Crippen molar-refractivity contribution in [3.63, 3.8) is 0 Å². The predicted molar refractivity (Wildman–Crippen MR) is 399 cm³/mol. The summed E-state index contributed by atoms with van der Waals surface area (Å²) in [5, 5.41) is 11.9. The molecule has 0 aliphatic carbocycles. The highest BCUT2D eigenvalue weighted by atomic mass is 16.7. The topological polar surface area (TPSA) is 111 Å². The van der Waals surface area contributed by atoms with Gasteiger partial charge in [-0.25, -0.2) is 0 Å². The third kappa shape index (κ3) is 76.7. The molecule has 0 amide bonds. The van der Waals surface area contributed by atoms with Gasteiger partial charge in [-0.1, -0.05) is 397 Å². The Balaban J connectivity index is 3.92. The summed E-state index contributed by atoms with van der Waals surface area (Å²) in [6.45, 7) is 4.81. The van der Waals surface area contributed by atoms with Crippen molar-refractivity contribution in [2.75, 3.05) is 47.5 Å². The lowest BCUT2D eigenvalue weighted by atomic mass is 10.0. The SMILES string of the molecule is CCCCCCC/C=C\C/C=C\C/C=C\CCCCCCCCCCCCCCC(=O)OC(COC(=O)CCCCCCCCCCCCCCCCCCCCCCCCCCCCCCCCCCCCCCCCCCC)COC(OCC[N+](C)(C)C)C(=O)[O-]. The van der Waals surface area contributed by atoms with Crippen LogP contribution in [0.2, 0.25) is 0 Å². The molecule has 0 N–H and O–H groups in total. The van der Waals surface area contributed by atoms with E-state index >= 15 is 0 Å². The van der Waals surface area contributed by atoms with Crippen LogP contribution >= 0.6 is 0 Å². The molecule has 9 heteroatoms. The van der Waals surface area contributed by atoms with E-state index in [2.05, 4.69) is 50.3 Å². The maximum atomic E-state index is 13.0. The van der Waals surface area contributed by atoms with Crippen molar-refractivity contribution < 1.29 is 42.9 Å². The minimum absolute atomic E-state index is 0.149. The molecule has 93 heavy (non-hydrogen) atoms. The molecule has 0 aromatic carbocycles. The molecule has 548 valence electrons. The number of likely N-dealkylation sites (N-methyl/N-ethyl adjacent to an activating group) is 1. The number of carbonyl (C=O) groups is 3. The molecule has 0 aliphatic rings. The minimum Gasteiger partial charge on any atom is -0.545 e. The van der Waals surface area contributed by atoms with Crippen LogP contribution in [0.25, 0.3) is 0 Å². The van der Waals surface area contributed by atoms with E-state index in [0.717, 1.165) is 51.4 Å². The van der Waals surface area contributed by atoms with Gasteiger partial charge >= 0.3 is 11.9 Å². The van der Waals surface area contributed by atoms with Gasteiger partial charge in [-0.3, -0.25) is 9.59 Å². The second kappa shape index (κ2) is 75.3. The minimum atomic E-state index is -1.62. The molecule has 9 nitrogen and oxygen atoms in total. The maximum absolute atomic E-state index is 13.0. The van der Waals surface area contributed by atoms with Crippen LogP contribution in [0.4, 0.5) is 0 Å². The standard InChI is InChI=1S/C84H159NO8/c1-6-8-10-12-14-16-18-20-22-24-26-28-30-32-34-35-36-37-38-39-40-41-42-43-44-45-46-47-49-50-52-54-56-58-60-62-64-66-68-70-72-74-81(86)91-78-80(79-92-84(83(88)89)90-77-76-85(3,4)5)93-82(87)75-73-71-69-67-65-63-61-59-57-55-53-51-48-33-31-29-27-25-23-21-19-17-15-13-11-9-7-2/h19,21,25,27,31,33,80,84H,6-18,20,22-24,26,28-30,32,34-79H2,1-5H3/b21-19-,27-25-,33-31-. The van der Waals surface area contributed by atoms with Crippen molar-refractivity contribution >= 4 is 17.9 Å². The molecule has 2 atom stereocenters. The summed E-state index contributed by atoms with van der Waals surface area (Å²) in [4.78, 5) is 37.6. The molecule has 0 aromatic rings. The zero-order chi connectivity index (χ0) is 67.5. The third-order valence-corrected chi connectivity index (χ3v) is 18.9. The van der Waals surface area contributed by atoms with Gasteiger partial charge in [-0.05, 0) is 51.4 Å². The maximum Gasteiger partial charge on any atom is 0.306 e. The number of carbonyl (C=O) groups excluding carboxylic acids is 3. The molecule has 0 saturated heterocycles. The van der Waals surface area contributed by atoms with Crippen molar-refractivity contribution in [1.29, 1.82) is 0 Å². The van der Waals surface area contributed by atoms with Crippen LogP contribution in [-0.4, -0.2) is 82.3 Å². The Bertz CT molecular complexity index is 1620. The average molecular weight is 1310 g/mol. The molecule has 0 aliphatic heterocycles. The third-order valence-electron chi connectivity index (χ3n) is 18.9. The Kier molecular flexibility index (Phi) is 73.3. The van der Waals surface area contributed by atoms with Gasteiger partial charge in [0, 0.05) is 12.8 Å².